The van der Waals surface area contributed by atoms with Crippen LogP contribution in [0.5, 0.6) is 5.75 Å². The van der Waals surface area contributed by atoms with E-state index >= 15 is 0 Å². The Morgan fingerprint density at radius 2 is 2.13 bits per heavy atom. The Labute approximate surface area is 183 Å². The zero-order valence-electron chi connectivity index (χ0n) is 16.8. The first-order valence-corrected chi connectivity index (χ1v) is 11.0. The molecular formula is C23H23BrN4O2. The van der Waals surface area contributed by atoms with Gasteiger partial charge in [0.2, 0.25) is 0 Å². The summed E-state index contributed by atoms with van der Waals surface area (Å²) in [7, 11) is 1.67. The second-order valence-corrected chi connectivity index (χ2v) is 8.92. The number of aromatic nitrogens is 3. The second kappa shape index (κ2) is 7.96. The Balaban J connectivity index is 1.32. The van der Waals surface area contributed by atoms with E-state index < -0.39 is 0 Å². The lowest BCUT2D eigenvalue weighted by Gasteiger charge is -2.27. The first kappa shape index (κ1) is 19.5. The molecular weight excluding hydrogens is 444 g/mol. The van der Waals surface area contributed by atoms with Crippen molar-refractivity contribution in [2.75, 3.05) is 13.7 Å². The quantitative estimate of drug-likeness (QED) is 0.614. The minimum absolute atomic E-state index is 0.0295. The summed E-state index contributed by atoms with van der Waals surface area (Å²) in [6, 6.07) is 10.0. The molecule has 1 saturated carbocycles. The lowest BCUT2D eigenvalue weighted by Crippen LogP contribution is -2.35. The van der Waals surface area contributed by atoms with E-state index in [1.54, 1.807) is 7.11 Å². The third-order valence-corrected chi connectivity index (χ3v) is 6.29. The highest BCUT2D eigenvalue weighted by atomic mass is 79.9. The summed E-state index contributed by atoms with van der Waals surface area (Å²) < 4.78 is 6.46. The lowest BCUT2D eigenvalue weighted by atomic mass is 10.1. The number of hydrogen-bond acceptors (Lipinski definition) is 5. The van der Waals surface area contributed by atoms with Gasteiger partial charge in [-0.05, 0) is 42.7 Å². The van der Waals surface area contributed by atoms with Crippen LogP contribution in [-0.2, 0) is 19.5 Å². The number of methoxy groups -OCH3 is 1. The number of nitrogens with zero attached hydrogens (tertiary/aromatic N) is 3. The molecule has 1 N–H and O–H groups in total. The number of rotatable bonds is 5. The molecule has 5 rings (SSSR count). The van der Waals surface area contributed by atoms with Crippen molar-refractivity contribution in [3.05, 3.63) is 74.0 Å². The van der Waals surface area contributed by atoms with Crippen LogP contribution < -0.4 is 10.3 Å². The Morgan fingerprint density at radius 3 is 2.87 bits per heavy atom. The van der Waals surface area contributed by atoms with Gasteiger partial charge in [-0.3, -0.25) is 14.7 Å². The zero-order chi connectivity index (χ0) is 20.7. The molecule has 0 unspecified atom stereocenters. The number of fused-ring (bicyclic) bond motifs is 1. The summed E-state index contributed by atoms with van der Waals surface area (Å²) >= 11 is 3.51. The van der Waals surface area contributed by atoms with Crippen molar-refractivity contribution in [3.8, 4) is 17.0 Å². The van der Waals surface area contributed by atoms with Gasteiger partial charge in [0.1, 0.15) is 11.6 Å². The summed E-state index contributed by atoms with van der Waals surface area (Å²) in [6.45, 7) is 2.28. The van der Waals surface area contributed by atoms with Crippen LogP contribution in [0.25, 0.3) is 11.3 Å². The predicted molar refractivity (Wildman–Crippen MR) is 119 cm³/mol. The molecule has 1 aliphatic heterocycles. The normalized spacial score (nSPS) is 16.3. The van der Waals surface area contributed by atoms with Crippen LogP contribution >= 0.6 is 15.9 Å². The van der Waals surface area contributed by atoms with Gasteiger partial charge < -0.3 is 9.72 Å². The van der Waals surface area contributed by atoms with Crippen molar-refractivity contribution < 1.29 is 4.74 Å². The number of nitrogens with one attached hydrogen (secondary N) is 1. The van der Waals surface area contributed by atoms with Crippen LogP contribution in [0.1, 0.15) is 41.4 Å². The van der Waals surface area contributed by atoms with Crippen molar-refractivity contribution in [1.82, 2.24) is 19.9 Å². The number of ether oxygens (including phenoxy) is 1. The van der Waals surface area contributed by atoms with E-state index in [1.165, 1.54) is 0 Å². The molecule has 1 aromatic carbocycles. The monoisotopic (exact) mass is 466 g/mol. The highest BCUT2D eigenvalue weighted by Crippen LogP contribution is 2.38. The number of halogens is 1. The van der Waals surface area contributed by atoms with Gasteiger partial charge in [0.25, 0.3) is 5.56 Å². The van der Waals surface area contributed by atoms with Crippen molar-refractivity contribution >= 4 is 15.9 Å². The predicted octanol–water partition coefficient (Wildman–Crippen LogP) is 4.04. The van der Waals surface area contributed by atoms with Crippen molar-refractivity contribution in [2.45, 2.75) is 38.3 Å². The molecule has 3 heterocycles. The first-order chi connectivity index (χ1) is 14.6. The standard InChI is InChI=1S/C23H23BrN4O2/c1-30-21-7-5-16(24)10-17(21)19-6-2-14(11-25-19)12-28-9-8-20-18(13-28)23(29)27-22(26-20)15-3-4-15/h2,5-7,10-11,15H,3-4,8-9,12-13H2,1H3,(H,26,27,29). The third-order valence-electron chi connectivity index (χ3n) is 5.80. The average Bonchev–Trinajstić information content (AvgIpc) is 3.60. The zero-order valence-corrected chi connectivity index (χ0v) is 18.4. The van der Waals surface area contributed by atoms with Crippen LogP contribution in [0.15, 0.2) is 45.8 Å². The molecule has 2 aromatic heterocycles. The van der Waals surface area contributed by atoms with E-state index in [0.29, 0.717) is 12.5 Å². The highest BCUT2D eigenvalue weighted by Gasteiger charge is 2.29. The van der Waals surface area contributed by atoms with E-state index in [0.717, 1.165) is 76.5 Å². The second-order valence-electron chi connectivity index (χ2n) is 8.01. The van der Waals surface area contributed by atoms with Crippen LogP contribution in [0.4, 0.5) is 0 Å². The third kappa shape index (κ3) is 3.91. The van der Waals surface area contributed by atoms with Gasteiger partial charge in [-0.1, -0.05) is 22.0 Å². The molecule has 0 spiro atoms. The number of H-pyrrole nitrogens is 1. The first-order valence-electron chi connectivity index (χ1n) is 10.2. The van der Waals surface area contributed by atoms with Crippen molar-refractivity contribution in [3.63, 3.8) is 0 Å². The molecule has 3 aromatic rings. The summed E-state index contributed by atoms with van der Waals surface area (Å²) in [5.74, 6) is 2.15. The lowest BCUT2D eigenvalue weighted by molar-refractivity contribution is 0.241. The summed E-state index contributed by atoms with van der Waals surface area (Å²) in [6.07, 6.45) is 5.01. The fourth-order valence-corrected chi connectivity index (χ4v) is 4.36. The van der Waals surface area contributed by atoms with E-state index in [1.807, 2.05) is 30.5 Å². The highest BCUT2D eigenvalue weighted by molar-refractivity contribution is 9.10. The maximum atomic E-state index is 12.6. The van der Waals surface area contributed by atoms with Gasteiger partial charge in [0, 0.05) is 48.2 Å². The molecule has 0 radical (unpaired) electrons. The van der Waals surface area contributed by atoms with Gasteiger partial charge in [0.05, 0.1) is 24.1 Å². The molecule has 1 aliphatic carbocycles. The Bertz CT molecular complexity index is 1140. The maximum absolute atomic E-state index is 12.6. The molecule has 2 aliphatic rings. The van der Waals surface area contributed by atoms with Gasteiger partial charge >= 0.3 is 0 Å². The molecule has 0 saturated heterocycles. The van der Waals surface area contributed by atoms with Crippen molar-refractivity contribution in [2.24, 2.45) is 0 Å². The molecule has 154 valence electrons. The largest absolute Gasteiger partial charge is 0.496 e. The number of hydrogen-bond donors (Lipinski definition) is 1. The van der Waals surface area contributed by atoms with Crippen LogP contribution in [0.2, 0.25) is 0 Å². The topological polar surface area (TPSA) is 71.1 Å². The van der Waals surface area contributed by atoms with Crippen LogP contribution in [0, 0.1) is 0 Å². The van der Waals surface area contributed by atoms with Gasteiger partial charge in [-0.15, -0.1) is 0 Å². The summed E-state index contributed by atoms with van der Waals surface area (Å²) in [4.78, 5) is 27.2. The minimum Gasteiger partial charge on any atom is -0.496 e. The SMILES string of the molecule is COc1ccc(Br)cc1-c1ccc(CN2CCc3nc(C4CC4)[nH]c(=O)c3C2)cn1. The van der Waals surface area contributed by atoms with E-state index in [9.17, 15) is 4.79 Å². The van der Waals surface area contributed by atoms with Crippen LogP contribution in [0.3, 0.4) is 0 Å². The summed E-state index contributed by atoms with van der Waals surface area (Å²) in [5, 5.41) is 0. The van der Waals surface area contributed by atoms with Crippen LogP contribution in [-0.4, -0.2) is 33.5 Å². The molecule has 0 amide bonds. The van der Waals surface area contributed by atoms with Crippen molar-refractivity contribution in [1.29, 1.82) is 0 Å². The molecule has 6 nitrogen and oxygen atoms in total. The van der Waals surface area contributed by atoms with E-state index in [4.69, 9.17) is 9.72 Å². The Kier molecular flexibility index (Phi) is 5.16. The number of benzene rings is 1. The number of pyridine rings is 1. The summed E-state index contributed by atoms with van der Waals surface area (Å²) in [5.41, 5.74) is 4.77. The molecule has 0 bridgehead atoms. The molecule has 30 heavy (non-hydrogen) atoms. The van der Waals surface area contributed by atoms with E-state index in [2.05, 4.69) is 36.9 Å². The average molecular weight is 467 g/mol. The molecule has 7 heteroatoms. The maximum Gasteiger partial charge on any atom is 0.255 e. The van der Waals surface area contributed by atoms with Gasteiger partial charge in [-0.25, -0.2) is 4.98 Å². The molecule has 1 fully saturated rings. The fourth-order valence-electron chi connectivity index (χ4n) is 4.00. The minimum atomic E-state index is 0.0295. The fraction of sp³-hybridized carbons (Fsp3) is 0.348. The Morgan fingerprint density at radius 1 is 1.27 bits per heavy atom. The van der Waals surface area contributed by atoms with Gasteiger partial charge in [0.15, 0.2) is 0 Å². The van der Waals surface area contributed by atoms with Gasteiger partial charge in [-0.2, -0.15) is 0 Å². The number of aromatic amines is 1. The Hall–Kier alpha value is -2.51. The smallest absolute Gasteiger partial charge is 0.255 e. The molecule has 0 atom stereocenters. The van der Waals surface area contributed by atoms with E-state index in [-0.39, 0.29) is 5.56 Å².